The lowest BCUT2D eigenvalue weighted by Crippen LogP contribution is -2.52. The Bertz CT molecular complexity index is 154. The quantitative estimate of drug-likeness (QED) is 0.562. The summed E-state index contributed by atoms with van der Waals surface area (Å²) in [5, 5.41) is 3.45. The summed E-state index contributed by atoms with van der Waals surface area (Å²) in [6.07, 6.45) is 5.77. The molecule has 1 nitrogen and oxygen atoms in total. The van der Waals surface area contributed by atoms with Gasteiger partial charge in [0.25, 0.3) is 0 Å². The van der Waals surface area contributed by atoms with Gasteiger partial charge in [-0.25, -0.2) is 0 Å². The summed E-state index contributed by atoms with van der Waals surface area (Å²) in [5.74, 6) is 0. The molecular weight excluding hydrogens is 134 g/mol. The molecule has 2 fully saturated rings. The minimum atomic E-state index is 0.648. The zero-order valence-corrected chi connectivity index (χ0v) is 7.74. The molecule has 1 saturated heterocycles. The van der Waals surface area contributed by atoms with E-state index in [9.17, 15) is 0 Å². The number of nitrogens with one attached hydrogen (secondary N) is 1. The summed E-state index contributed by atoms with van der Waals surface area (Å²) in [4.78, 5) is 0. The van der Waals surface area contributed by atoms with Crippen molar-refractivity contribution in [2.45, 2.75) is 39.5 Å². The molecule has 0 bridgehead atoms. The van der Waals surface area contributed by atoms with Gasteiger partial charge in [0.2, 0.25) is 0 Å². The number of piperidine rings is 1. The van der Waals surface area contributed by atoms with Crippen molar-refractivity contribution < 1.29 is 0 Å². The maximum absolute atomic E-state index is 3.45. The van der Waals surface area contributed by atoms with Crippen LogP contribution in [0.3, 0.4) is 0 Å². The van der Waals surface area contributed by atoms with Gasteiger partial charge in [-0.05, 0) is 49.6 Å². The van der Waals surface area contributed by atoms with Crippen LogP contribution in [0.1, 0.15) is 39.5 Å². The molecule has 1 heterocycles. The van der Waals surface area contributed by atoms with Crippen molar-refractivity contribution in [3.63, 3.8) is 0 Å². The summed E-state index contributed by atoms with van der Waals surface area (Å²) >= 11 is 0. The zero-order chi connectivity index (χ0) is 7.95. The first-order valence-corrected chi connectivity index (χ1v) is 4.87. The van der Waals surface area contributed by atoms with Crippen LogP contribution in [-0.2, 0) is 0 Å². The van der Waals surface area contributed by atoms with Gasteiger partial charge < -0.3 is 5.32 Å². The smallest absolute Gasteiger partial charge is 0.00434 e. The Balaban J connectivity index is 2.09. The summed E-state index contributed by atoms with van der Waals surface area (Å²) in [7, 11) is 0. The Morgan fingerprint density at radius 3 is 1.82 bits per heavy atom. The molecule has 0 aromatic rings. The first kappa shape index (κ1) is 7.60. The SMILES string of the molecule is CC1(C)CCC12CCNCC2. The highest BCUT2D eigenvalue weighted by Crippen LogP contribution is 2.60. The predicted molar refractivity (Wildman–Crippen MR) is 47.6 cm³/mol. The molecule has 0 aromatic carbocycles. The average Bonchev–Trinajstić information content (AvgIpc) is 2.04. The van der Waals surface area contributed by atoms with Crippen molar-refractivity contribution in [1.82, 2.24) is 5.32 Å². The fraction of sp³-hybridized carbons (Fsp3) is 1.00. The lowest BCUT2D eigenvalue weighted by atomic mass is 9.48. The lowest BCUT2D eigenvalue weighted by molar-refractivity contribution is -0.0748. The summed E-state index contributed by atoms with van der Waals surface area (Å²) in [6, 6.07) is 0. The second-order valence-corrected chi connectivity index (χ2v) is 4.91. The standard InChI is InChI=1S/C10H19N/c1-9(2)3-4-10(9)5-7-11-8-6-10/h11H,3-8H2,1-2H3. The Kier molecular flexibility index (Phi) is 1.54. The highest BCUT2D eigenvalue weighted by Gasteiger charge is 2.52. The highest BCUT2D eigenvalue weighted by atomic mass is 14.9. The summed E-state index contributed by atoms with van der Waals surface area (Å²) < 4.78 is 0. The van der Waals surface area contributed by atoms with Crippen molar-refractivity contribution in [2.75, 3.05) is 13.1 Å². The van der Waals surface area contributed by atoms with E-state index in [1.165, 1.54) is 38.8 Å². The van der Waals surface area contributed by atoms with E-state index in [1.807, 2.05) is 0 Å². The largest absolute Gasteiger partial charge is 0.317 e. The molecule has 1 N–H and O–H groups in total. The average molecular weight is 153 g/mol. The molecule has 11 heavy (non-hydrogen) atoms. The van der Waals surface area contributed by atoms with Crippen LogP contribution in [0, 0.1) is 10.8 Å². The molecule has 64 valence electrons. The molecule has 0 unspecified atom stereocenters. The Morgan fingerprint density at radius 2 is 1.55 bits per heavy atom. The Morgan fingerprint density at radius 1 is 0.909 bits per heavy atom. The first-order valence-electron chi connectivity index (χ1n) is 4.87. The van der Waals surface area contributed by atoms with E-state index >= 15 is 0 Å². The molecule has 0 atom stereocenters. The van der Waals surface area contributed by atoms with Gasteiger partial charge in [0.05, 0.1) is 0 Å². The monoisotopic (exact) mass is 153 g/mol. The van der Waals surface area contributed by atoms with Crippen LogP contribution >= 0.6 is 0 Å². The Labute approximate surface area is 69.6 Å². The third kappa shape index (κ3) is 0.936. The predicted octanol–water partition coefficient (Wildman–Crippen LogP) is 2.18. The van der Waals surface area contributed by atoms with E-state index in [0.717, 1.165) is 5.41 Å². The highest BCUT2D eigenvalue weighted by molar-refractivity contribution is 5.03. The van der Waals surface area contributed by atoms with Gasteiger partial charge in [0, 0.05) is 0 Å². The topological polar surface area (TPSA) is 12.0 Å². The lowest BCUT2D eigenvalue weighted by Gasteiger charge is -2.58. The molecule has 2 rings (SSSR count). The van der Waals surface area contributed by atoms with Crippen molar-refractivity contribution in [3.05, 3.63) is 0 Å². The zero-order valence-electron chi connectivity index (χ0n) is 7.74. The van der Waals surface area contributed by atoms with Gasteiger partial charge >= 0.3 is 0 Å². The molecule has 1 aliphatic carbocycles. The number of rotatable bonds is 0. The maximum Gasteiger partial charge on any atom is -0.00434 e. The molecule has 1 aliphatic heterocycles. The van der Waals surface area contributed by atoms with Crippen LogP contribution in [0.4, 0.5) is 0 Å². The minimum Gasteiger partial charge on any atom is -0.317 e. The van der Waals surface area contributed by atoms with Crippen LogP contribution in [0.15, 0.2) is 0 Å². The summed E-state index contributed by atoms with van der Waals surface area (Å²) in [5.41, 5.74) is 1.38. The van der Waals surface area contributed by atoms with Gasteiger partial charge in [-0.2, -0.15) is 0 Å². The molecule has 2 aliphatic rings. The third-order valence-electron chi connectivity index (χ3n) is 4.22. The van der Waals surface area contributed by atoms with Gasteiger partial charge in [0.1, 0.15) is 0 Å². The van der Waals surface area contributed by atoms with Gasteiger partial charge in [-0.1, -0.05) is 13.8 Å². The van der Waals surface area contributed by atoms with Crippen LogP contribution < -0.4 is 5.32 Å². The van der Waals surface area contributed by atoms with Crippen LogP contribution in [0.5, 0.6) is 0 Å². The van der Waals surface area contributed by atoms with Crippen molar-refractivity contribution in [3.8, 4) is 0 Å². The molecule has 1 saturated carbocycles. The van der Waals surface area contributed by atoms with Crippen molar-refractivity contribution in [2.24, 2.45) is 10.8 Å². The van der Waals surface area contributed by atoms with E-state index in [0.29, 0.717) is 5.41 Å². The van der Waals surface area contributed by atoms with Gasteiger partial charge in [-0.3, -0.25) is 0 Å². The second kappa shape index (κ2) is 2.22. The maximum atomic E-state index is 3.45. The molecule has 1 heteroatoms. The third-order valence-corrected chi connectivity index (χ3v) is 4.22. The second-order valence-electron chi connectivity index (χ2n) is 4.91. The van der Waals surface area contributed by atoms with E-state index < -0.39 is 0 Å². The van der Waals surface area contributed by atoms with Crippen LogP contribution in [0.2, 0.25) is 0 Å². The fourth-order valence-electron chi connectivity index (χ4n) is 2.81. The van der Waals surface area contributed by atoms with E-state index in [1.54, 1.807) is 0 Å². The molecular formula is C10H19N. The number of hydrogen-bond acceptors (Lipinski definition) is 1. The van der Waals surface area contributed by atoms with Gasteiger partial charge in [-0.15, -0.1) is 0 Å². The molecule has 0 aromatic heterocycles. The molecule has 1 spiro atoms. The Hall–Kier alpha value is -0.0400. The van der Waals surface area contributed by atoms with Crippen molar-refractivity contribution >= 4 is 0 Å². The van der Waals surface area contributed by atoms with E-state index in [-0.39, 0.29) is 0 Å². The van der Waals surface area contributed by atoms with Crippen LogP contribution in [-0.4, -0.2) is 13.1 Å². The summed E-state index contributed by atoms with van der Waals surface area (Å²) in [6.45, 7) is 7.40. The van der Waals surface area contributed by atoms with E-state index in [4.69, 9.17) is 0 Å². The fourth-order valence-corrected chi connectivity index (χ4v) is 2.81. The van der Waals surface area contributed by atoms with E-state index in [2.05, 4.69) is 19.2 Å². The molecule has 0 amide bonds. The number of hydrogen-bond donors (Lipinski definition) is 1. The first-order chi connectivity index (χ1) is 5.16. The molecule has 0 radical (unpaired) electrons. The van der Waals surface area contributed by atoms with Crippen molar-refractivity contribution in [1.29, 1.82) is 0 Å². The normalized spacial score (nSPS) is 33.3. The minimum absolute atomic E-state index is 0.648. The van der Waals surface area contributed by atoms with Crippen LogP contribution in [0.25, 0.3) is 0 Å². The van der Waals surface area contributed by atoms with Gasteiger partial charge in [0.15, 0.2) is 0 Å².